The zero-order chi connectivity index (χ0) is 12.3. The van der Waals surface area contributed by atoms with E-state index in [0.29, 0.717) is 30.9 Å². The van der Waals surface area contributed by atoms with E-state index in [0.717, 1.165) is 0 Å². The van der Waals surface area contributed by atoms with Crippen LogP contribution in [0.3, 0.4) is 0 Å². The summed E-state index contributed by atoms with van der Waals surface area (Å²) in [4.78, 5) is 13.2. The SMILES string of the molecule is N#Cc1cccc(N2CC(CN)COC2=O)c1. The number of nitriles is 1. The number of amides is 1. The Morgan fingerprint density at radius 1 is 1.59 bits per heavy atom. The molecule has 1 aliphatic rings. The number of cyclic esters (lactones) is 1. The predicted octanol–water partition coefficient (Wildman–Crippen LogP) is 1.09. The van der Waals surface area contributed by atoms with Crippen molar-refractivity contribution in [3.05, 3.63) is 29.8 Å². The predicted molar refractivity (Wildman–Crippen MR) is 62.4 cm³/mol. The van der Waals surface area contributed by atoms with Gasteiger partial charge in [-0.3, -0.25) is 4.90 Å². The molecule has 1 aromatic rings. The van der Waals surface area contributed by atoms with E-state index in [9.17, 15) is 4.79 Å². The third-order valence-corrected chi connectivity index (χ3v) is 2.72. The molecule has 1 unspecified atom stereocenters. The van der Waals surface area contributed by atoms with Gasteiger partial charge >= 0.3 is 6.09 Å². The van der Waals surface area contributed by atoms with Crippen LogP contribution in [0.2, 0.25) is 0 Å². The smallest absolute Gasteiger partial charge is 0.414 e. The van der Waals surface area contributed by atoms with E-state index in [1.807, 2.05) is 6.07 Å². The summed E-state index contributed by atoms with van der Waals surface area (Å²) in [6.45, 7) is 1.37. The largest absolute Gasteiger partial charge is 0.449 e. The van der Waals surface area contributed by atoms with Crippen LogP contribution in [0, 0.1) is 17.2 Å². The van der Waals surface area contributed by atoms with Crippen molar-refractivity contribution < 1.29 is 9.53 Å². The van der Waals surface area contributed by atoms with Crippen molar-refractivity contribution >= 4 is 11.8 Å². The first kappa shape index (κ1) is 11.4. The zero-order valence-electron chi connectivity index (χ0n) is 9.30. The van der Waals surface area contributed by atoms with Crippen LogP contribution >= 0.6 is 0 Å². The maximum absolute atomic E-state index is 11.6. The second-order valence-electron chi connectivity index (χ2n) is 3.95. The summed E-state index contributed by atoms with van der Waals surface area (Å²) in [6, 6.07) is 8.93. The number of hydrogen-bond acceptors (Lipinski definition) is 4. The molecule has 1 amide bonds. The van der Waals surface area contributed by atoms with Gasteiger partial charge in [-0.2, -0.15) is 5.26 Å². The van der Waals surface area contributed by atoms with Gasteiger partial charge in [-0.25, -0.2) is 4.79 Å². The highest BCUT2D eigenvalue weighted by molar-refractivity contribution is 5.88. The molecule has 5 nitrogen and oxygen atoms in total. The number of anilines is 1. The highest BCUT2D eigenvalue weighted by atomic mass is 16.6. The molecule has 0 aromatic heterocycles. The minimum atomic E-state index is -0.384. The van der Waals surface area contributed by atoms with Crippen molar-refractivity contribution in [1.82, 2.24) is 0 Å². The summed E-state index contributed by atoms with van der Waals surface area (Å²) in [7, 11) is 0. The van der Waals surface area contributed by atoms with Crippen LogP contribution in [-0.2, 0) is 4.74 Å². The molecule has 0 saturated carbocycles. The lowest BCUT2D eigenvalue weighted by molar-refractivity contribution is 0.117. The van der Waals surface area contributed by atoms with E-state index in [-0.39, 0.29) is 12.0 Å². The molecule has 17 heavy (non-hydrogen) atoms. The van der Waals surface area contributed by atoms with E-state index in [2.05, 4.69) is 0 Å². The zero-order valence-corrected chi connectivity index (χ0v) is 9.30. The minimum absolute atomic E-state index is 0.137. The number of carbonyl (C=O) groups is 1. The Morgan fingerprint density at radius 3 is 3.12 bits per heavy atom. The van der Waals surface area contributed by atoms with Gasteiger partial charge in [0.05, 0.1) is 18.2 Å². The molecule has 1 aliphatic heterocycles. The molecule has 1 atom stereocenters. The van der Waals surface area contributed by atoms with E-state index >= 15 is 0 Å². The van der Waals surface area contributed by atoms with E-state index in [1.54, 1.807) is 24.3 Å². The molecular formula is C12H13N3O2. The van der Waals surface area contributed by atoms with E-state index in [4.69, 9.17) is 15.7 Å². The summed E-state index contributed by atoms with van der Waals surface area (Å²) in [5.74, 6) is 0.137. The molecule has 0 radical (unpaired) electrons. The van der Waals surface area contributed by atoms with Crippen LogP contribution in [0.5, 0.6) is 0 Å². The van der Waals surface area contributed by atoms with Crippen LogP contribution in [0.15, 0.2) is 24.3 Å². The van der Waals surface area contributed by atoms with Crippen molar-refractivity contribution in [1.29, 1.82) is 5.26 Å². The fraction of sp³-hybridized carbons (Fsp3) is 0.333. The molecular weight excluding hydrogens is 218 g/mol. The summed E-state index contributed by atoms with van der Waals surface area (Å²) in [6.07, 6.45) is -0.384. The Hall–Kier alpha value is -2.06. The Morgan fingerprint density at radius 2 is 2.41 bits per heavy atom. The second-order valence-corrected chi connectivity index (χ2v) is 3.95. The fourth-order valence-corrected chi connectivity index (χ4v) is 1.75. The lowest BCUT2D eigenvalue weighted by Crippen LogP contribution is -2.45. The van der Waals surface area contributed by atoms with Gasteiger partial charge in [-0.05, 0) is 18.2 Å². The van der Waals surface area contributed by atoms with E-state index in [1.165, 1.54) is 4.90 Å². The number of carbonyl (C=O) groups excluding carboxylic acids is 1. The van der Waals surface area contributed by atoms with Crippen molar-refractivity contribution in [2.45, 2.75) is 0 Å². The number of nitrogens with zero attached hydrogens (tertiary/aromatic N) is 2. The molecule has 2 N–H and O–H groups in total. The lowest BCUT2D eigenvalue weighted by atomic mass is 10.1. The molecule has 1 saturated heterocycles. The lowest BCUT2D eigenvalue weighted by Gasteiger charge is -2.31. The number of benzene rings is 1. The van der Waals surface area contributed by atoms with Crippen molar-refractivity contribution in [3.8, 4) is 6.07 Å². The Labute approximate surface area is 99.4 Å². The molecule has 0 bridgehead atoms. The van der Waals surface area contributed by atoms with Gasteiger partial charge in [0.1, 0.15) is 0 Å². The molecule has 0 spiro atoms. The fourth-order valence-electron chi connectivity index (χ4n) is 1.75. The van der Waals surface area contributed by atoms with E-state index < -0.39 is 0 Å². The third-order valence-electron chi connectivity index (χ3n) is 2.72. The first-order valence-electron chi connectivity index (χ1n) is 5.39. The first-order chi connectivity index (χ1) is 8.24. The Kier molecular flexibility index (Phi) is 3.26. The molecule has 0 aliphatic carbocycles. The van der Waals surface area contributed by atoms with Crippen LogP contribution in [0.4, 0.5) is 10.5 Å². The summed E-state index contributed by atoms with van der Waals surface area (Å²) in [5.41, 5.74) is 6.77. The van der Waals surface area contributed by atoms with Crippen molar-refractivity contribution in [2.75, 3.05) is 24.6 Å². The third kappa shape index (κ3) is 2.37. The number of nitrogens with two attached hydrogens (primary N) is 1. The van der Waals surface area contributed by atoms with Crippen LogP contribution in [0.1, 0.15) is 5.56 Å². The van der Waals surface area contributed by atoms with Gasteiger partial charge in [-0.1, -0.05) is 6.07 Å². The molecule has 1 heterocycles. The second kappa shape index (κ2) is 4.85. The summed E-state index contributed by atoms with van der Waals surface area (Å²) >= 11 is 0. The van der Waals surface area contributed by atoms with Gasteiger partial charge in [0, 0.05) is 24.7 Å². The maximum atomic E-state index is 11.6. The van der Waals surface area contributed by atoms with Gasteiger partial charge in [0.15, 0.2) is 0 Å². The molecule has 1 aromatic carbocycles. The first-order valence-corrected chi connectivity index (χ1v) is 5.39. The normalized spacial score (nSPS) is 19.6. The molecule has 1 fully saturated rings. The minimum Gasteiger partial charge on any atom is -0.449 e. The van der Waals surface area contributed by atoms with Crippen LogP contribution in [-0.4, -0.2) is 25.8 Å². The summed E-state index contributed by atoms with van der Waals surface area (Å²) in [5, 5.41) is 8.82. The van der Waals surface area contributed by atoms with Gasteiger partial charge in [0.25, 0.3) is 0 Å². The maximum Gasteiger partial charge on any atom is 0.414 e. The molecule has 2 rings (SSSR count). The Balaban J connectivity index is 2.24. The van der Waals surface area contributed by atoms with Crippen molar-refractivity contribution in [3.63, 3.8) is 0 Å². The highest BCUT2D eigenvalue weighted by Crippen LogP contribution is 2.21. The quantitative estimate of drug-likeness (QED) is 0.826. The molecule has 5 heteroatoms. The standard InChI is InChI=1S/C12H13N3O2/c13-5-9-2-1-3-11(4-9)15-7-10(6-14)8-17-12(15)16/h1-4,10H,6-8,14H2. The van der Waals surface area contributed by atoms with Gasteiger partial charge < -0.3 is 10.5 Å². The van der Waals surface area contributed by atoms with Gasteiger partial charge in [-0.15, -0.1) is 0 Å². The number of rotatable bonds is 2. The number of hydrogen-bond donors (Lipinski definition) is 1. The van der Waals surface area contributed by atoms with Gasteiger partial charge in [0.2, 0.25) is 0 Å². The molecule has 88 valence electrons. The number of ether oxygens (including phenoxy) is 1. The Bertz CT molecular complexity index is 467. The van der Waals surface area contributed by atoms with Crippen LogP contribution in [0.25, 0.3) is 0 Å². The average molecular weight is 231 g/mol. The summed E-state index contributed by atoms with van der Waals surface area (Å²) < 4.78 is 5.05. The van der Waals surface area contributed by atoms with Crippen molar-refractivity contribution in [2.24, 2.45) is 11.7 Å². The highest BCUT2D eigenvalue weighted by Gasteiger charge is 2.27. The average Bonchev–Trinajstić information content (AvgIpc) is 2.39. The topological polar surface area (TPSA) is 79.3 Å². The monoisotopic (exact) mass is 231 g/mol. The van der Waals surface area contributed by atoms with Crippen LogP contribution < -0.4 is 10.6 Å².